The van der Waals surface area contributed by atoms with Crippen LogP contribution in [0.4, 0.5) is 0 Å². The van der Waals surface area contributed by atoms with Crippen LogP contribution in [-0.4, -0.2) is 36.0 Å². The molecule has 0 saturated carbocycles. The quantitative estimate of drug-likeness (QED) is 0.864. The minimum absolute atomic E-state index is 0.293. The first-order valence-corrected chi connectivity index (χ1v) is 5.74. The highest BCUT2D eigenvalue weighted by Crippen LogP contribution is 2.35. The number of hydrogen-bond donors (Lipinski definition) is 1. The third-order valence-corrected chi connectivity index (χ3v) is 2.58. The Morgan fingerprint density at radius 2 is 2.12 bits per heavy atom. The molecule has 1 N–H and O–H groups in total. The number of ether oxygens (including phenoxy) is 2. The van der Waals surface area contributed by atoms with Crippen molar-refractivity contribution in [2.75, 3.05) is 20.4 Å². The summed E-state index contributed by atoms with van der Waals surface area (Å²) in [7, 11) is 1.98. The molecule has 0 amide bonds. The molecule has 4 heteroatoms. The predicted octanol–water partition coefficient (Wildman–Crippen LogP) is 1.62. The molecule has 0 fully saturated rings. The molecule has 1 aliphatic rings. The molecule has 94 valence electrons. The van der Waals surface area contributed by atoms with Crippen molar-refractivity contribution in [1.29, 1.82) is 0 Å². The monoisotopic (exact) mass is 237 g/mol. The van der Waals surface area contributed by atoms with Crippen LogP contribution in [0.3, 0.4) is 0 Å². The van der Waals surface area contributed by atoms with Gasteiger partial charge in [-0.15, -0.1) is 0 Å². The van der Waals surface area contributed by atoms with Gasteiger partial charge in [-0.25, -0.2) is 0 Å². The van der Waals surface area contributed by atoms with Crippen LogP contribution < -0.4 is 9.47 Å². The summed E-state index contributed by atoms with van der Waals surface area (Å²) in [5.41, 5.74) is 0.399. The van der Waals surface area contributed by atoms with Gasteiger partial charge in [0, 0.05) is 18.7 Å². The molecule has 1 heterocycles. The first kappa shape index (κ1) is 12.2. The maximum absolute atomic E-state index is 9.76. The van der Waals surface area contributed by atoms with Gasteiger partial charge in [-0.1, -0.05) is 12.1 Å². The largest absolute Gasteiger partial charge is 0.454 e. The van der Waals surface area contributed by atoms with Crippen molar-refractivity contribution < 1.29 is 14.6 Å². The van der Waals surface area contributed by atoms with E-state index in [0.29, 0.717) is 13.3 Å². The van der Waals surface area contributed by atoms with E-state index in [1.807, 2.05) is 25.2 Å². The molecule has 0 spiro atoms. The minimum atomic E-state index is -0.690. The fourth-order valence-electron chi connectivity index (χ4n) is 2.12. The van der Waals surface area contributed by atoms with Crippen LogP contribution in [0.25, 0.3) is 0 Å². The van der Waals surface area contributed by atoms with Gasteiger partial charge in [-0.2, -0.15) is 0 Å². The molecule has 17 heavy (non-hydrogen) atoms. The van der Waals surface area contributed by atoms with Crippen molar-refractivity contribution in [3.63, 3.8) is 0 Å². The van der Waals surface area contributed by atoms with Gasteiger partial charge >= 0.3 is 0 Å². The molecule has 4 nitrogen and oxygen atoms in total. The number of benzene rings is 1. The Labute approximate surface area is 102 Å². The zero-order valence-corrected chi connectivity index (χ0v) is 10.6. The highest BCUT2D eigenvalue weighted by atomic mass is 16.7. The summed E-state index contributed by atoms with van der Waals surface area (Å²) in [5, 5.41) is 9.76. The fourth-order valence-corrected chi connectivity index (χ4v) is 2.12. The van der Waals surface area contributed by atoms with Crippen LogP contribution in [0.5, 0.6) is 11.5 Å². The highest BCUT2D eigenvalue weighted by molar-refractivity contribution is 5.48. The average molecular weight is 237 g/mol. The third kappa shape index (κ3) is 3.11. The molecule has 0 aliphatic carbocycles. The number of rotatable bonds is 4. The maximum Gasteiger partial charge on any atom is 0.231 e. The van der Waals surface area contributed by atoms with Crippen LogP contribution in [-0.2, 0) is 6.54 Å². The van der Waals surface area contributed by atoms with Gasteiger partial charge in [0.15, 0.2) is 11.5 Å². The number of nitrogens with zero attached hydrogens (tertiary/aromatic N) is 1. The van der Waals surface area contributed by atoms with Crippen molar-refractivity contribution in [2.45, 2.75) is 26.0 Å². The summed E-state index contributed by atoms with van der Waals surface area (Å²) in [6.45, 7) is 5.24. The molecule has 0 bridgehead atoms. The third-order valence-electron chi connectivity index (χ3n) is 2.58. The number of aliphatic hydroxyl groups is 1. The summed E-state index contributed by atoms with van der Waals surface area (Å²) in [5.74, 6) is 1.63. The van der Waals surface area contributed by atoms with E-state index in [-0.39, 0.29) is 0 Å². The normalized spacial score (nSPS) is 14.4. The Kier molecular flexibility index (Phi) is 3.26. The second-order valence-corrected chi connectivity index (χ2v) is 5.14. The van der Waals surface area contributed by atoms with E-state index >= 15 is 0 Å². The zero-order valence-electron chi connectivity index (χ0n) is 10.6. The van der Waals surface area contributed by atoms with Crippen molar-refractivity contribution >= 4 is 0 Å². The summed E-state index contributed by atoms with van der Waals surface area (Å²) in [4.78, 5) is 2.07. The molecule has 0 aromatic heterocycles. The van der Waals surface area contributed by atoms with Gasteiger partial charge in [0.2, 0.25) is 6.79 Å². The molecule has 0 saturated heterocycles. The number of hydrogen-bond acceptors (Lipinski definition) is 4. The summed E-state index contributed by atoms with van der Waals surface area (Å²) in [6, 6.07) is 5.89. The van der Waals surface area contributed by atoms with Gasteiger partial charge in [-0.05, 0) is 27.0 Å². The Morgan fingerprint density at radius 1 is 1.35 bits per heavy atom. The SMILES string of the molecule is CN(Cc1cccc2c1OCO2)CC(C)(C)O. The van der Waals surface area contributed by atoms with Gasteiger partial charge in [0.25, 0.3) is 0 Å². The molecule has 1 aromatic rings. The van der Waals surface area contributed by atoms with E-state index < -0.39 is 5.60 Å². The predicted molar refractivity (Wildman–Crippen MR) is 65.2 cm³/mol. The van der Waals surface area contributed by atoms with Gasteiger partial charge < -0.3 is 14.6 Å². The summed E-state index contributed by atoms with van der Waals surface area (Å²) < 4.78 is 10.8. The first-order valence-electron chi connectivity index (χ1n) is 5.74. The van der Waals surface area contributed by atoms with Gasteiger partial charge in [-0.3, -0.25) is 4.90 Å². The fraction of sp³-hybridized carbons (Fsp3) is 0.538. The number of para-hydroxylation sites is 1. The van der Waals surface area contributed by atoms with E-state index in [0.717, 1.165) is 23.6 Å². The van der Waals surface area contributed by atoms with Gasteiger partial charge in [0.1, 0.15) is 0 Å². The van der Waals surface area contributed by atoms with Crippen LogP contribution in [0.1, 0.15) is 19.4 Å². The first-order chi connectivity index (χ1) is 7.96. The minimum Gasteiger partial charge on any atom is -0.454 e. The lowest BCUT2D eigenvalue weighted by atomic mass is 10.1. The molecule has 1 aromatic carbocycles. The molecular weight excluding hydrogens is 218 g/mol. The number of likely N-dealkylation sites (N-methyl/N-ethyl adjacent to an activating group) is 1. The van der Waals surface area contributed by atoms with Crippen molar-refractivity contribution in [2.24, 2.45) is 0 Å². The highest BCUT2D eigenvalue weighted by Gasteiger charge is 2.20. The van der Waals surface area contributed by atoms with Crippen LogP contribution in [0.15, 0.2) is 18.2 Å². The van der Waals surface area contributed by atoms with E-state index in [2.05, 4.69) is 4.90 Å². The zero-order chi connectivity index (χ0) is 12.5. The Bertz CT molecular complexity index is 398. The molecular formula is C13H19NO3. The lowest BCUT2D eigenvalue weighted by Crippen LogP contribution is -2.35. The average Bonchev–Trinajstić information content (AvgIpc) is 2.63. The topological polar surface area (TPSA) is 41.9 Å². The molecule has 0 atom stereocenters. The maximum atomic E-state index is 9.76. The Balaban J connectivity index is 2.07. The molecule has 1 aliphatic heterocycles. The van der Waals surface area contributed by atoms with Crippen molar-refractivity contribution in [3.8, 4) is 11.5 Å². The van der Waals surface area contributed by atoms with Crippen LogP contribution in [0, 0.1) is 0 Å². The molecule has 0 radical (unpaired) electrons. The van der Waals surface area contributed by atoms with E-state index in [4.69, 9.17) is 9.47 Å². The van der Waals surface area contributed by atoms with E-state index in [1.165, 1.54) is 0 Å². The second-order valence-electron chi connectivity index (χ2n) is 5.14. The summed E-state index contributed by atoms with van der Waals surface area (Å²) >= 11 is 0. The second kappa shape index (κ2) is 4.55. The van der Waals surface area contributed by atoms with E-state index in [9.17, 15) is 5.11 Å². The van der Waals surface area contributed by atoms with Crippen LogP contribution >= 0.6 is 0 Å². The number of fused-ring (bicyclic) bond motifs is 1. The molecule has 2 rings (SSSR count). The smallest absolute Gasteiger partial charge is 0.231 e. The van der Waals surface area contributed by atoms with Crippen molar-refractivity contribution in [1.82, 2.24) is 4.90 Å². The Morgan fingerprint density at radius 3 is 2.82 bits per heavy atom. The standard InChI is InChI=1S/C13H19NO3/c1-13(2,15)8-14(3)7-10-5-4-6-11-12(10)17-9-16-11/h4-6,15H,7-9H2,1-3H3. The summed E-state index contributed by atoms with van der Waals surface area (Å²) in [6.07, 6.45) is 0. The molecule has 0 unspecified atom stereocenters. The Hall–Kier alpha value is -1.26. The van der Waals surface area contributed by atoms with Crippen molar-refractivity contribution in [3.05, 3.63) is 23.8 Å². The van der Waals surface area contributed by atoms with E-state index in [1.54, 1.807) is 13.8 Å². The van der Waals surface area contributed by atoms with Gasteiger partial charge in [0.05, 0.1) is 5.60 Å². The lowest BCUT2D eigenvalue weighted by molar-refractivity contribution is 0.0422. The van der Waals surface area contributed by atoms with Crippen LogP contribution in [0.2, 0.25) is 0 Å². The lowest BCUT2D eigenvalue weighted by Gasteiger charge is -2.25.